The summed E-state index contributed by atoms with van der Waals surface area (Å²) >= 11 is 12.5. The van der Waals surface area contributed by atoms with E-state index in [4.69, 9.17) is 37.7 Å². The van der Waals surface area contributed by atoms with Gasteiger partial charge in [0, 0.05) is 22.0 Å². The van der Waals surface area contributed by atoms with Crippen LogP contribution in [0.1, 0.15) is 60.9 Å². The van der Waals surface area contributed by atoms with Gasteiger partial charge < -0.3 is 9.47 Å². The quantitative estimate of drug-likeness (QED) is 0.324. The molecule has 5 nitrogen and oxygen atoms in total. The van der Waals surface area contributed by atoms with Gasteiger partial charge in [-0.15, -0.1) is 0 Å². The van der Waals surface area contributed by atoms with Crippen LogP contribution in [-0.4, -0.2) is 30.9 Å². The molecule has 2 aliphatic rings. The number of amidine groups is 1. The highest BCUT2D eigenvalue weighted by Crippen LogP contribution is 2.46. The van der Waals surface area contributed by atoms with Crippen molar-refractivity contribution in [2.24, 2.45) is 10.9 Å². The van der Waals surface area contributed by atoms with Crippen LogP contribution in [0.15, 0.2) is 71.7 Å². The van der Waals surface area contributed by atoms with E-state index in [2.05, 4.69) is 0 Å². The summed E-state index contributed by atoms with van der Waals surface area (Å²) in [6, 6.07) is 20.4. The van der Waals surface area contributed by atoms with Crippen LogP contribution in [0.5, 0.6) is 11.5 Å². The van der Waals surface area contributed by atoms with Gasteiger partial charge in [0.2, 0.25) is 5.91 Å². The number of rotatable bonds is 6. The maximum Gasteiger partial charge on any atom is 0.231 e. The molecule has 7 heteroatoms. The first kappa shape index (κ1) is 25.6. The largest absolute Gasteiger partial charge is 0.497 e. The summed E-state index contributed by atoms with van der Waals surface area (Å²) in [4.78, 5) is 21.5. The van der Waals surface area contributed by atoms with E-state index in [0.29, 0.717) is 27.4 Å². The van der Waals surface area contributed by atoms with E-state index in [0.717, 1.165) is 42.4 Å². The Hall–Kier alpha value is -3.02. The second kappa shape index (κ2) is 11.2. The summed E-state index contributed by atoms with van der Waals surface area (Å²) in [7, 11) is 3.24. The van der Waals surface area contributed by atoms with Crippen molar-refractivity contribution in [1.29, 1.82) is 0 Å². The summed E-state index contributed by atoms with van der Waals surface area (Å²) in [6.07, 6.45) is 5.08. The van der Waals surface area contributed by atoms with Gasteiger partial charge >= 0.3 is 0 Å². The van der Waals surface area contributed by atoms with Gasteiger partial charge in [-0.2, -0.15) is 0 Å². The number of methoxy groups -OCH3 is 2. The molecule has 2 unspecified atom stereocenters. The summed E-state index contributed by atoms with van der Waals surface area (Å²) in [5.41, 5.74) is 2.70. The zero-order valence-corrected chi connectivity index (χ0v) is 22.5. The molecule has 3 aromatic carbocycles. The van der Waals surface area contributed by atoms with Crippen LogP contribution in [0.4, 0.5) is 0 Å². The maximum absolute atomic E-state index is 14.3. The molecule has 0 N–H and O–H groups in total. The van der Waals surface area contributed by atoms with Gasteiger partial charge in [0.05, 0.1) is 25.8 Å². The van der Waals surface area contributed by atoms with Crippen molar-refractivity contribution in [1.82, 2.24) is 4.90 Å². The molecule has 5 rings (SSSR count). The van der Waals surface area contributed by atoms with Gasteiger partial charge in [0.1, 0.15) is 23.4 Å². The molecule has 1 heterocycles. The minimum absolute atomic E-state index is 0.0399. The van der Waals surface area contributed by atoms with E-state index >= 15 is 0 Å². The van der Waals surface area contributed by atoms with Crippen LogP contribution in [-0.2, 0) is 4.79 Å². The minimum Gasteiger partial charge on any atom is -0.497 e. The van der Waals surface area contributed by atoms with Gasteiger partial charge in [0.25, 0.3) is 0 Å². The Balaban J connectivity index is 1.69. The predicted molar refractivity (Wildman–Crippen MR) is 148 cm³/mol. The van der Waals surface area contributed by atoms with E-state index in [1.165, 1.54) is 6.42 Å². The molecule has 0 aromatic heterocycles. The van der Waals surface area contributed by atoms with Crippen LogP contribution in [0, 0.1) is 5.92 Å². The molecule has 1 aliphatic carbocycles. The van der Waals surface area contributed by atoms with Crippen LogP contribution < -0.4 is 9.47 Å². The highest BCUT2D eigenvalue weighted by atomic mass is 35.5. The molecule has 192 valence electrons. The molecule has 3 aromatic rings. The van der Waals surface area contributed by atoms with Crippen molar-refractivity contribution >= 4 is 34.9 Å². The molecule has 1 aliphatic heterocycles. The highest BCUT2D eigenvalue weighted by molar-refractivity contribution is 6.30. The lowest BCUT2D eigenvalue weighted by Gasteiger charge is -2.33. The van der Waals surface area contributed by atoms with Crippen molar-refractivity contribution in [3.8, 4) is 11.5 Å². The molecule has 0 spiro atoms. The summed E-state index contributed by atoms with van der Waals surface area (Å²) < 4.78 is 11.2. The zero-order valence-electron chi connectivity index (χ0n) is 21.0. The Bertz CT molecular complexity index is 1290. The molecular formula is C30H30Cl2N2O3. The Labute approximate surface area is 228 Å². The lowest BCUT2D eigenvalue weighted by Crippen LogP contribution is -2.42. The van der Waals surface area contributed by atoms with Crippen LogP contribution in [0.2, 0.25) is 10.0 Å². The first-order valence-electron chi connectivity index (χ1n) is 12.6. The lowest BCUT2D eigenvalue weighted by atomic mass is 9.86. The number of hydrogen-bond acceptors (Lipinski definition) is 4. The molecule has 0 bridgehead atoms. The second-order valence-corrected chi connectivity index (χ2v) is 10.4. The van der Waals surface area contributed by atoms with Crippen molar-refractivity contribution in [3.63, 3.8) is 0 Å². The predicted octanol–water partition coefficient (Wildman–Crippen LogP) is 7.66. The number of halogens is 2. The molecule has 37 heavy (non-hydrogen) atoms. The summed E-state index contributed by atoms with van der Waals surface area (Å²) in [5.74, 6) is 1.95. The smallest absolute Gasteiger partial charge is 0.231 e. The fourth-order valence-corrected chi connectivity index (χ4v) is 5.67. The van der Waals surface area contributed by atoms with E-state index in [9.17, 15) is 4.79 Å². The number of amides is 1. The summed E-state index contributed by atoms with van der Waals surface area (Å²) in [6.45, 7) is 0. The molecule has 1 fully saturated rings. The number of aliphatic imine (C=N–C) groups is 1. The van der Waals surface area contributed by atoms with Gasteiger partial charge in [-0.05, 0) is 60.4 Å². The fourth-order valence-electron chi connectivity index (χ4n) is 5.42. The van der Waals surface area contributed by atoms with Crippen molar-refractivity contribution in [2.45, 2.75) is 44.2 Å². The Kier molecular flexibility index (Phi) is 7.73. The molecular weight excluding hydrogens is 507 g/mol. The minimum atomic E-state index is -0.338. The van der Waals surface area contributed by atoms with E-state index < -0.39 is 0 Å². The van der Waals surface area contributed by atoms with Gasteiger partial charge in [0.15, 0.2) is 0 Å². The third-order valence-electron chi connectivity index (χ3n) is 7.33. The van der Waals surface area contributed by atoms with Gasteiger partial charge in [-0.1, -0.05) is 66.7 Å². The topological polar surface area (TPSA) is 51.1 Å². The molecule has 0 radical (unpaired) electrons. The van der Waals surface area contributed by atoms with Crippen molar-refractivity contribution in [2.75, 3.05) is 14.2 Å². The number of carbonyl (C=O) groups is 1. The fraction of sp³-hybridized carbons (Fsp3) is 0.333. The third kappa shape index (κ3) is 5.21. The third-order valence-corrected chi connectivity index (χ3v) is 7.84. The average Bonchev–Trinajstić information content (AvgIpc) is 3.33. The molecule has 0 saturated heterocycles. The number of hydrogen-bond donors (Lipinski definition) is 0. The number of benzene rings is 3. The van der Waals surface area contributed by atoms with Crippen LogP contribution >= 0.6 is 23.2 Å². The first-order valence-corrected chi connectivity index (χ1v) is 13.4. The Morgan fingerprint density at radius 2 is 1.46 bits per heavy atom. The van der Waals surface area contributed by atoms with Crippen LogP contribution in [0.25, 0.3) is 0 Å². The molecule has 2 atom stereocenters. The van der Waals surface area contributed by atoms with Crippen molar-refractivity contribution in [3.05, 3.63) is 93.5 Å². The second-order valence-electron chi connectivity index (χ2n) is 9.55. The average molecular weight is 537 g/mol. The standard InChI is InChI=1S/C30H30Cl2N2O3/c1-36-24-16-17-25(26(18-24)37-2)29-33-27(19-8-12-22(31)13-9-19)28(20-10-14-23(32)15-11-20)34(29)30(35)21-6-4-3-5-7-21/h8-18,21,27-28H,3-7H2,1-2H3. The Morgan fingerprint density at radius 1 is 0.838 bits per heavy atom. The molecule has 1 amide bonds. The van der Waals surface area contributed by atoms with E-state index in [1.807, 2.05) is 71.6 Å². The molecule has 1 saturated carbocycles. The van der Waals surface area contributed by atoms with Gasteiger partial charge in [-0.25, -0.2) is 0 Å². The number of ether oxygens (including phenoxy) is 2. The lowest BCUT2D eigenvalue weighted by molar-refractivity contribution is -0.134. The normalized spacial score (nSPS) is 20.0. The Morgan fingerprint density at radius 3 is 2.05 bits per heavy atom. The maximum atomic E-state index is 14.3. The number of carbonyl (C=O) groups excluding carboxylic acids is 1. The SMILES string of the molecule is COc1ccc(C2=NC(c3ccc(Cl)cc3)C(c3ccc(Cl)cc3)N2C(=O)C2CCCCC2)c(OC)c1. The van der Waals surface area contributed by atoms with E-state index in [1.54, 1.807) is 14.2 Å². The van der Waals surface area contributed by atoms with Crippen molar-refractivity contribution < 1.29 is 14.3 Å². The number of nitrogens with zero attached hydrogens (tertiary/aromatic N) is 2. The van der Waals surface area contributed by atoms with Crippen LogP contribution in [0.3, 0.4) is 0 Å². The zero-order chi connectivity index (χ0) is 25.9. The first-order chi connectivity index (χ1) is 18.0. The monoisotopic (exact) mass is 536 g/mol. The van der Waals surface area contributed by atoms with Gasteiger partial charge in [-0.3, -0.25) is 14.7 Å². The highest BCUT2D eigenvalue weighted by Gasteiger charge is 2.44. The van der Waals surface area contributed by atoms with E-state index in [-0.39, 0.29) is 23.9 Å². The summed E-state index contributed by atoms with van der Waals surface area (Å²) in [5, 5.41) is 1.30.